The van der Waals surface area contributed by atoms with Crippen LogP contribution in [0.25, 0.3) is 16.6 Å². The summed E-state index contributed by atoms with van der Waals surface area (Å²) in [5.41, 5.74) is 6.54. The number of nitrogens with zero attached hydrogens (tertiary/aromatic N) is 7. The number of piperidine rings is 3. The van der Waals surface area contributed by atoms with Gasteiger partial charge in [-0.15, -0.1) is 0 Å². The number of hydrogen-bond acceptors (Lipinski definition) is 17. The Morgan fingerprint density at radius 2 is 1.60 bits per heavy atom. The van der Waals surface area contributed by atoms with E-state index in [2.05, 4.69) is 76.2 Å². The van der Waals surface area contributed by atoms with Crippen LogP contribution in [0.1, 0.15) is 128 Å². The van der Waals surface area contributed by atoms with E-state index < -0.39 is 61.1 Å². The number of unbranched alkanes of at least 4 members (excludes halogenated alkanes) is 2. The summed E-state index contributed by atoms with van der Waals surface area (Å²) in [6, 6.07) is 25.1. The zero-order valence-electron chi connectivity index (χ0n) is 52.0. The number of carbonyl (C=O) groups excluding carboxylic acids is 5. The molecule has 1 aliphatic carbocycles. The first kappa shape index (κ1) is 63.9. The maximum Gasteiger partial charge on any atom is 0.293 e. The third-order valence-corrected chi connectivity index (χ3v) is 20.9. The average Bonchev–Trinajstić information content (AvgIpc) is 1.60. The fraction of sp³-hybridized carbons (Fsp3) is 0.441. The molecule has 24 heteroatoms. The molecule has 4 fully saturated rings. The largest absolute Gasteiger partial charge is 0.455 e. The second-order valence-corrected chi connectivity index (χ2v) is 28.1. The molecule has 22 nitrogen and oxygen atoms in total. The first-order valence-electron chi connectivity index (χ1n) is 32.2. The number of nitro benzene ring substituents is 1. The molecule has 0 saturated carbocycles. The summed E-state index contributed by atoms with van der Waals surface area (Å²) in [5.74, 6) is -2.35. The summed E-state index contributed by atoms with van der Waals surface area (Å²) in [4.78, 5) is 94.9. The van der Waals surface area contributed by atoms with Gasteiger partial charge >= 0.3 is 0 Å². The summed E-state index contributed by atoms with van der Waals surface area (Å²) in [7, 11) is -4.63. The van der Waals surface area contributed by atoms with E-state index in [1.165, 1.54) is 35.0 Å². The van der Waals surface area contributed by atoms with Crippen molar-refractivity contribution >= 4 is 90.5 Å². The third kappa shape index (κ3) is 14.5. The van der Waals surface area contributed by atoms with Gasteiger partial charge in [-0.3, -0.25) is 49.2 Å². The number of allylic oxidation sites excluding steroid dienone is 1. The lowest BCUT2D eigenvalue weighted by Gasteiger charge is -2.42. The Morgan fingerprint density at radius 3 is 2.36 bits per heavy atom. The predicted molar refractivity (Wildman–Crippen MR) is 353 cm³/mol. The molecule has 7 heterocycles. The maximum absolute atomic E-state index is 14.2. The molecule has 5 amide bonds. The van der Waals surface area contributed by atoms with Gasteiger partial charge in [0, 0.05) is 98.4 Å². The van der Waals surface area contributed by atoms with Crippen molar-refractivity contribution in [3.05, 3.63) is 146 Å². The molecular formula is C68H79ClN12O10S. The zero-order chi connectivity index (χ0) is 64.3. The molecule has 92 heavy (non-hydrogen) atoms. The molecule has 4 saturated heterocycles. The van der Waals surface area contributed by atoms with Crippen LogP contribution in [0.15, 0.2) is 114 Å². The number of ether oxygens (including phenoxy) is 1. The summed E-state index contributed by atoms with van der Waals surface area (Å²) >= 11 is 6.28. The van der Waals surface area contributed by atoms with Gasteiger partial charge < -0.3 is 35.1 Å². The lowest BCUT2D eigenvalue weighted by atomic mass is 9.72. The highest BCUT2D eigenvalue weighted by Gasteiger charge is 2.46. The van der Waals surface area contributed by atoms with Gasteiger partial charge in [0.1, 0.15) is 28.9 Å². The molecule has 1 atom stereocenters. The number of pyridine rings is 1. The smallest absolute Gasteiger partial charge is 0.293 e. The number of likely N-dealkylation sites (tertiary alicyclic amines) is 2. The molecule has 4 aromatic carbocycles. The number of anilines is 3. The van der Waals surface area contributed by atoms with Gasteiger partial charge in [0.2, 0.25) is 11.8 Å². The van der Waals surface area contributed by atoms with Gasteiger partial charge in [-0.2, -0.15) is 0 Å². The van der Waals surface area contributed by atoms with Crippen molar-refractivity contribution in [1.82, 2.24) is 39.6 Å². The van der Waals surface area contributed by atoms with Crippen LogP contribution >= 0.6 is 11.6 Å². The van der Waals surface area contributed by atoms with Crippen LogP contribution in [0.4, 0.5) is 22.7 Å². The van der Waals surface area contributed by atoms with Crippen LogP contribution in [0.2, 0.25) is 5.02 Å². The molecule has 12 rings (SSSR count). The molecular weight excluding hydrogens is 1210 g/mol. The number of carbonyl (C=O) groups is 5. The Morgan fingerprint density at radius 1 is 0.815 bits per heavy atom. The first-order valence-corrected chi connectivity index (χ1v) is 34.0. The number of rotatable bonds is 22. The number of piperazine rings is 1. The SMILES string of the molecule is CC1(C)CCC(CN2CCN(c3ccc(C(=O)NS(=O)(=O)c4ccc(NCC5CCN(C6CCN(CCCCCNc7cccc8c7C(=O)N(C7CCC(=O)NC7=O)C8=O)CC6)CC5)c([N+](=O)[O-])c4)c(Oc4cnc5[nH]ccc5c4)c3)CC2)=C(c2ccc(Cl)cc2)C1. The Balaban J connectivity index is 0.604. The van der Waals surface area contributed by atoms with Crippen LogP contribution in [0.5, 0.6) is 11.5 Å². The molecule has 5 aliphatic heterocycles. The number of halogens is 1. The first-order chi connectivity index (χ1) is 44.3. The van der Waals surface area contributed by atoms with E-state index in [0.717, 1.165) is 144 Å². The average molecular weight is 1290 g/mol. The minimum absolute atomic E-state index is 0.0503. The number of aromatic nitrogens is 2. The molecule has 0 bridgehead atoms. The van der Waals surface area contributed by atoms with Gasteiger partial charge in [-0.1, -0.05) is 55.6 Å². The molecule has 0 spiro atoms. The predicted octanol–water partition coefficient (Wildman–Crippen LogP) is 10.1. The van der Waals surface area contributed by atoms with Crippen LogP contribution in [0.3, 0.4) is 0 Å². The normalized spacial score (nSPS) is 19.8. The van der Waals surface area contributed by atoms with Gasteiger partial charge in [0.25, 0.3) is 33.4 Å². The number of fused-ring (bicyclic) bond motifs is 2. The zero-order valence-corrected chi connectivity index (χ0v) is 53.6. The van der Waals surface area contributed by atoms with E-state index in [9.17, 15) is 42.5 Å². The lowest BCUT2D eigenvalue weighted by molar-refractivity contribution is -0.384. The van der Waals surface area contributed by atoms with Gasteiger partial charge in [0.15, 0.2) is 0 Å². The number of hydrogen-bond donors (Lipinski definition) is 5. The second kappa shape index (κ2) is 27.5. The van der Waals surface area contributed by atoms with Crippen molar-refractivity contribution in [2.24, 2.45) is 11.3 Å². The minimum atomic E-state index is -4.63. The molecule has 5 N–H and O–H groups in total. The Kier molecular flexibility index (Phi) is 19.1. The summed E-state index contributed by atoms with van der Waals surface area (Å²) in [6.45, 7) is 14.5. The van der Waals surface area contributed by atoms with Crippen LogP contribution in [-0.2, 0) is 19.6 Å². The van der Waals surface area contributed by atoms with Gasteiger partial charge in [0.05, 0.1) is 32.7 Å². The van der Waals surface area contributed by atoms with Crippen LogP contribution in [-0.4, -0.2) is 163 Å². The molecule has 1 unspecified atom stereocenters. The Bertz CT molecular complexity index is 3950. The van der Waals surface area contributed by atoms with Crippen molar-refractivity contribution in [3.8, 4) is 11.5 Å². The monoisotopic (exact) mass is 1290 g/mol. The number of aromatic amines is 1. The van der Waals surface area contributed by atoms with E-state index in [1.807, 2.05) is 18.2 Å². The standard InChI is InChI=1S/C68H79ClN12O10S/c1-68(2)25-19-47(55(40-68)45-9-11-48(69)12-10-45)43-77-33-35-79(36-34-77)50-13-15-53(60(38-50)91-51-37-46-20-27-71-63(46)73-42-51)64(83)75-92(89,90)52-14-16-56(59(39-52)81(87)88)72-41-44-21-31-78(32-22-44)49-23-29-76(30-24-49)28-5-3-4-26-70-57-8-6-7-54-62(57)67(86)80(66(54)85)58-17-18-61(82)74-65(58)84/h6-16,20,27,37-39,42,44,49,58,70,72H,3-5,17-19,21-26,28-36,40-41,43H2,1-2H3,(H,71,73)(H,75,83)(H,74,82,84). The molecule has 6 aliphatic rings. The highest BCUT2D eigenvalue weighted by molar-refractivity contribution is 7.90. The topological polar surface area (TPSA) is 265 Å². The number of amides is 5. The lowest BCUT2D eigenvalue weighted by Crippen LogP contribution is -2.54. The van der Waals surface area contributed by atoms with E-state index in [0.29, 0.717) is 49.3 Å². The van der Waals surface area contributed by atoms with E-state index >= 15 is 0 Å². The van der Waals surface area contributed by atoms with E-state index in [-0.39, 0.29) is 52.3 Å². The fourth-order valence-corrected chi connectivity index (χ4v) is 15.1. The van der Waals surface area contributed by atoms with Crippen molar-refractivity contribution in [2.75, 3.05) is 94.1 Å². The number of nitro groups is 1. The van der Waals surface area contributed by atoms with Crippen molar-refractivity contribution in [3.63, 3.8) is 0 Å². The van der Waals surface area contributed by atoms with E-state index in [4.69, 9.17) is 16.3 Å². The molecule has 2 aromatic heterocycles. The van der Waals surface area contributed by atoms with Crippen molar-refractivity contribution in [1.29, 1.82) is 0 Å². The molecule has 6 aromatic rings. The quantitative estimate of drug-likeness (QED) is 0.0183. The number of H-pyrrole nitrogens is 1. The van der Waals surface area contributed by atoms with Crippen molar-refractivity contribution in [2.45, 2.75) is 108 Å². The minimum Gasteiger partial charge on any atom is -0.455 e. The number of benzene rings is 4. The highest BCUT2D eigenvalue weighted by atomic mass is 35.5. The second-order valence-electron chi connectivity index (χ2n) is 26.0. The molecule has 0 radical (unpaired) electrons. The van der Waals surface area contributed by atoms with Crippen LogP contribution in [0, 0.1) is 21.4 Å². The summed E-state index contributed by atoms with van der Waals surface area (Å²) < 4.78 is 36.6. The number of imide groups is 2. The summed E-state index contributed by atoms with van der Waals surface area (Å²) in [6.07, 6.45) is 13.5. The van der Waals surface area contributed by atoms with Gasteiger partial charge in [-0.05, 0) is 180 Å². The maximum atomic E-state index is 14.2. The Hall–Kier alpha value is -8.22. The fourth-order valence-electron chi connectivity index (χ4n) is 14.0. The number of nitrogens with one attached hydrogen (secondary N) is 5. The van der Waals surface area contributed by atoms with Crippen molar-refractivity contribution < 1.29 is 42.1 Å². The highest BCUT2D eigenvalue weighted by Crippen LogP contribution is 2.44. The van der Waals surface area contributed by atoms with Gasteiger partial charge in [-0.25, -0.2) is 18.1 Å². The third-order valence-electron chi connectivity index (χ3n) is 19.3. The molecule has 484 valence electrons. The number of sulfonamides is 1. The van der Waals surface area contributed by atoms with Crippen LogP contribution < -0.4 is 30.3 Å². The summed E-state index contributed by atoms with van der Waals surface area (Å²) in [5, 5.41) is 22.9. The Labute approximate surface area is 540 Å². The van der Waals surface area contributed by atoms with E-state index in [1.54, 1.807) is 48.7 Å².